The average Bonchev–Trinajstić information content (AvgIpc) is 3.13. The van der Waals surface area contributed by atoms with Gasteiger partial charge in [-0.1, -0.05) is 47.5 Å². The van der Waals surface area contributed by atoms with Crippen LogP contribution in [0.3, 0.4) is 0 Å². The fraction of sp³-hybridized carbons (Fsp3) is 0.0800. The maximum Gasteiger partial charge on any atom is 0.211 e. The zero-order valence-electron chi connectivity index (χ0n) is 18.2. The Morgan fingerprint density at radius 2 is 1.47 bits per heavy atom. The number of carbonyl (C=O) groups is 1. The number of sulfone groups is 1. The number of ketones is 1. The summed E-state index contributed by atoms with van der Waals surface area (Å²) in [4.78, 5) is 12.9. The molecule has 4 aromatic rings. The number of hydrogen-bond donors (Lipinski definition) is 2. The zero-order valence-corrected chi connectivity index (χ0v) is 19.9. The third-order valence-electron chi connectivity index (χ3n) is 5.20. The highest BCUT2D eigenvalue weighted by Crippen LogP contribution is 2.44. The van der Waals surface area contributed by atoms with Gasteiger partial charge in [0.05, 0.1) is 10.6 Å². The summed E-state index contributed by atoms with van der Waals surface area (Å²) in [7, 11) is -4.15. The summed E-state index contributed by atoms with van der Waals surface area (Å²) in [6.07, 6.45) is 0. The second-order valence-corrected chi connectivity index (χ2v) is 10.7. The predicted molar refractivity (Wildman–Crippen MR) is 130 cm³/mol. The van der Waals surface area contributed by atoms with E-state index in [-0.39, 0.29) is 31.0 Å². The van der Waals surface area contributed by atoms with E-state index >= 15 is 0 Å². The summed E-state index contributed by atoms with van der Waals surface area (Å²) in [6, 6.07) is 16.1. The maximum atomic E-state index is 13.8. The van der Waals surface area contributed by atoms with Crippen LogP contribution in [0.15, 0.2) is 76.5 Å². The van der Waals surface area contributed by atoms with Gasteiger partial charge in [-0.05, 0) is 38.1 Å². The number of nitrogens with two attached hydrogens (primary N) is 1. The first kappa shape index (κ1) is 23.6. The number of nitrogens with one attached hydrogen (secondary N) is 1. The summed E-state index contributed by atoms with van der Waals surface area (Å²) in [6.45, 7) is 3.70. The average molecular weight is 499 g/mol. The van der Waals surface area contributed by atoms with Gasteiger partial charge in [-0.15, -0.1) is 11.3 Å². The third-order valence-corrected chi connectivity index (χ3v) is 8.30. The summed E-state index contributed by atoms with van der Waals surface area (Å²) in [5.74, 6) is -2.59. The number of anilines is 3. The van der Waals surface area contributed by atoms with E-state index < -0.39 is 27.3 Å². The van der Waals surface area contributed by atoms with Gasteiger partial charge in [-0.2, -0.15) is 0 Å². The first-order valence-corrected chi connectivity index (χ1v) is 12.5. The second kappa shape index (κ2) is 9.00. The van der Waals surface area contributed by atoms with Crippen LogP contribution in [0.25, 0.3) is 0 Å². The fourth-order valence-electron chi connectivity index (χ4n) is 3.32. The van der Waals surface area contributed by atoms with Gasteiger partial charge >= 0.3 is 0 Å². The highest BCUT2D eigenvalue weighted by Gasteiger charge is 2.31. The van der Waals surface area contributed by atoms with Crippen molar-refractivity contribution >= 4 is 43.3 Å². The van der Waals surface area contributed by atoms with Gasteiger partial charge in [-0.25, -0.2) is 17.2 Å². The van der Waals surface area contributed by atoms with E-state index in [0.717, 1.165) is 34.6 Å². The minimum atomic E-state index is -4.15. The topological polar surface area (TPSA) is 89.3 Å². The SMILES string of the molecule is Cc1ccc(C(=O)c2sc(Nc3ccc(F)c(F)c3)c(S(=O)(=O)c3ccc(C)cc3)c2N)cc1. The zero-order chi connectivity index (χ0) is 24.6. The van der Waals surface area contributed by atoms with Crippen molar-refractivity contribution < 1.29 is 22.0 Å². The molecule has 0 aliphatic heterocycles. The van der Waals surface area contributed by atoms with E-state index in [0.29, 0.717) is 5.56 Å². The van der Waals surface area contributed by atoms with E-state index in [1.54, 1.807) is 36.4 Å². The van der Waals surface area contributed by atoms with E-state index in [1.165, 1.54) is 18.2 Å². The molecule has 1 heterocycles. The van der Waals surface area contributed by atoms with Gasteiger partial charge in [0.1, 0.15) is 14.8 Å². The minimum Gasteiger partial charge on any atom is -0.396 e. The first-order valence-electron chi connectivity index (χ1n) is 10.2. The molecule has 0 atom stereocenters. The lowest BCUT2D eigenvalue weighted by molar-refractivity contribution is 0.104. The van der Waals surface area contributed by atoms with Crippen LogP contribution in [0.1, 0.15) is 26.4 Å². The number of thiophene rings is 1. The van der Waals surface area contributed by atoms with Crippen molar-refractivity contribution in [3.05, 3.63) is 99.9 Å². The Morgan fingerprint density at radius 3 is 2.06 bits per heavy atom. The van der Waals surface area contributed by atoms with Crippen LogP contribution in [0.2, 0.25) is 0 Å². The van der Waals surface area contributed by atoms with Gasteiger partial charge in [0.15, 0.2) is 11.6 Å². The Kier molecular flexibility index (Phi) is 6.24. The molecule has 0 aliphatic carbocycles. The molecule has 0 amide bonds. The molecule has 0 spiro atoms. The summed E-state index contributed by atoms with van der Waals surface area (Å²) in [5.41, 5.74) is 8.34. The normalized spacial score (nSPS) is 11.4. The molecule has 3 N–H and O–H groups in total. The number of carbonyl (C=O) groups excluding carboxylic acids is 1. The molecule has 0 bridgehead atoms. The van der Waals surface area contributed by atoms with Crippen molar-refractivity contribution in [2.45, 2.75) is 23.6 Å². The van der Waals surface area contributed by atoms with Crippen molar-refractivity contribution in [1.29, 1.82) is 0 Å². The smallest absolute Gasteiger partial charge is 0.211 e. The predicted octanol–water partition coefficient (Wildman–Crippen LogP) is 6.03. The Balaban J connectivity index is 1.88. The molecule has 9 heteroatoms. The molecule has 0 saturated carbocycles. The van der Waals surface area contributed by atoms with E-state index in [9.17, 15) is 22.0 Å². The van der Waals surface area contributed by atoms with Crippen molar-refractivity contribution in [3.8, 4) is 0 Å². The van der Waals surface area contributed by atoms with Gasteiger partial charge in [0.2, 0.25) is 15.6 Å². The Bertz CT molecular complexity index is 1490. The standard InChI is InChI=1S/C25H20F2N2O3S2/c1-14-3-7-16(8-4-14)22(30)23-21(28)24(34(31,32)18-10-5-15(2)6-11-18)25(33-23)29-17-9-12-19(26)20(27)13-17/h3-13,29H,28H2,1-2H3. The number of aryl methyl sites for hydroxylation is 2. The van der Waals surface area contributed by atoms with Crippen molar-refractivity contribution in [2.24, 2.45) is 0 Å². The molecule has 3 aromatic carbocycles. The Labute approximate surface area is 199 Å². The number of rotatable bonds is 6. The first-order chi connectivity index (χ1) is 16.1. The third kappa shape index (κ3) is 4.44. The van der Waals surface area contributed by atoms with Crippen molar-refractivity contribution in [3.63, 3.8) is 0 Å². The van der Waals surface area contributed by atoms with Crippen LogP contribution >= 0.6 is 11.3 Å². The molecule has 0 unspecified atom stereocenters. The fourth-order valence-corrected chi connectivity index (χ4v) is 6.26. The van der Waals surface area contributed by atoms with E-state index in [1.807, 2.05) is 13.8 Å². The molecule has 174 valence electrons. The molecule has 34 heavy (non-hydrogen) atoms. The molecular weight excluding hydrogens is 478 g/mol. The van der Waals surface area contributed by atoms with Crippen LogP contribution in [0.5, 0.6) is 0 Å². The highest BCUT2D eigenvalue weighted by molar-refractivity contribution is 7.92. The van der Waals surface area contributed by atoms with Gasteiger partial charge in [-0.3, -0.25) is 4.79 Å². The summed E-state index contributed by atoms with van der Waals surface area (Å²) in [5, 5.41) is 2.83. The van der Waals surface area contributed by atoms with Crippen LogP contribution in [0, 0.1) is 25.5 Å². The molecular formula is C25H20F2N2O3S2. The summed E-state index contributed by atoms with van der Waals surface area (Å²) >= 11 is 0.842. The van der Waals surface area contributed by atoms with Crippen molar-refractivity contribution in [1.82, 2.24) is 0 Å². The van der Waals surface area contributed by atoms with Crippen LogP contribution < -0.4 is 11.1 Å². The number of halogens is 2. The van der Waals surface area contributed by atoms with E-state index in [4.69, 9.17) is 5.73 Å². The maximum absolute atomic E-state index is 13.8. The number of benzene rings is 3. The van der Waals surface area contributed by atoms with Gasteiger partial charge in [0, 0.05) is 17.3 Å². The lowest BCUT2D eigenvalue weighted by atomic mass is 10.1. The van der Waals surface area contributed by atoms with Crippen LogP contribution in [-0.2, 0) is 9.84 Å². The lowest BCUT2D eigenvalue weighted by Gasteiger charge is -2.10. The molecule has 4 rings (SSSR count). The molecule has 5 nitrogen and oxygen atoms in total. The largest absolute Gasteiger partial charge is 0.396 e. The van der Waals surface area contributed by atoms with Crippen LogP contribution in [0.4, 0.5) is 25.2 Å². The quantitative estimate of drug-likeness (QED) is 0.317. The Hall–Kier alpha value is -3.56. The monoisotopic (exact) mass is 498 g/mol. The van der Waals surface area contributed by atoms with Gasteiger partial charge < -0.3 is 11.1 Å². The lowest BCUT2D eigenvalue weighted by Crippen LogP contribution is -2.08. The Morgan fingerprint density at radius 1 is 0.882 bits per heavy atom. The van der Waals surface area contributed by atoms with Gasteiger partial charge in [0.25, 0.3) is 0 Å². The molecule has 0 fully saturated rings. The molecule has 0 saturated heterocycles. The van der Waals surface area contributed by atoms with Crippen LogP contribution in [-0.4, -0.2) is 14.2 Å². The minimum absolute atomic E-state index is 0.00901. The molecule has 1 aromatic heterocycles. The summed E-state index contributed by atoms with van der Waals surface area (Å²) < 4.78 is 54.3. The molecule has 0 radical (unpaired) electrons. The highest BCUT2D eigenvalue weighted by atomic mass is 32.2. The number of nitrogen functional groups attached to an aromatic ring is 1. The second-order valence-electron chi connectivity index (χ2n) is 7.77. The number of hydrogen-bond acceptors (Lipinski definition) is 6. The molecule has 0 aliphatic rings. The van der Waals surface area contributed by atoms with E-state index in [2.05, 4.69) is 5.32 Å². The van der Waals surface area contributed by atoms with Crippen molar-refractivity contribution in [2.75, 3.05) is 11.1 Å².